The summed E-state index contributed by atoms with van der Waals surface area (Å²) in [4.78, 5) is 2.31. The molecule has 0 aliphatic heterocycles. The van der Waals surface area contributed by atoms with Crippen LogP contribution in [0.5, 0.6) is 0 Å². The fraction of sp³-hybridized carbons (Fsp3) is 0.571. The Morgan fingerprint density at radius 2 is 1.83 bits per heavy atom. The van der Waals surface area contributed by atoms with Crippen molar-refractivity contribution in [2.24, 2.45) is 5.73 Å². The first-order valence-electron chi connectivity index (χ1n) is 6.32. The number of methoxy groups -OCH3 is 2. The minimum absolute atomic E-state index is 0.188. The van der Waals surface area contributed by atoms with Crippen LogP contribution in [0.1, 0.15) is 12.0 Å². The molecule has 4 heteroatoms. The van der Waals surface area contributed by atoms with Crippen LogP contribution in [0.15, 0.2) is 30.3 Å². The van der Waals surface area contributed by atoms with Crippen molar-refractivity contribution in [3.05, 3.63) is 35.9 Å². The van der Waals surface area contributed by atoms with Crippen molar-refractivity contribution in [2.75, 3.05) is 33.9 Å². The van der Waals surface area contributed by atoms with Gasteiger partial charge in [-0.2, -0.15) is 0 Å². The van der Waals surface area contributed by atoms with Crippen molar-refractivity contribution in [1.82, 2.24) is 4.90 Å². The van der Waals surface area contributed by atoms with E-state index in [4.69, 9.17) is 15.2 Å². The van der Waals surface area contributed by atoms with E-state index >= 15 is 0 Å². The lowest BCUT2D eigenvalue weighted by Gasteiger charge is -2.26. The number of nitrogens with zero attached hydrogens (tertiary/aromatic N) is 1. The van der Waals surface area contributed by atoms with Crippen LogP contribution in [0.4, 0.5) is 0 Å². The van der Waals surface area contributed by atoms with Crippen molar-refractivity contribution >= 4 is 0 Å². The Morgan fingerprint density at radius 1 is 1.17 bits per heavy atom. The predicted molar refractivity (Wildman–Crippen MR) is 73.2 cm³/mol. The molecule has 0 unspecified atom stereocenters. The maximum atomic E-state index is 5.58. The molecule has 0 saturated heterocycles. The molecule has 0 fully saturated rings. The van der Waals surface area contributed by atoms with Crippen LogP contribution in [0, 0.1) is 0 Å². The van der Waals surface area contributed by atoms with Gasteiger partial charge in [-0.15, -0.1) is 0 Å². The second kappa shape index (κ2) is 9.05. The Hall–Kier alpha value is -0.940. The molecule has 0 atom stereocenters. The summed E-state index contributed by atoms with van der Waals surface area (Å²) in [7, 11) is 3.33. The fourth-order valence-corrected chi connectivity index (χ4v) is 1.85. The number of rotatable bonds is 9. The summed E-state index contributed by atoms with van der Waals surface area (Å²) in [6, 6.07) is 10.4. The van der Waals surface area contributed by atoms with Crippen molar-refractivity contribution in [2.45, 2.75) is 19.3 Å². The number of nitrogens with two attached hydrogens (primary N) is 1. The second-order valence-electron chi connectivity index (χ2n) is 4.26. The second-order valence-corrected chi connectivity index (χ2v) is 4.26. The molecule has 1 aromatic carbocycles. The molecular formula is C14H24N2O2. The molecule has 1 rings (SSSR count). The van der Waals surface area contributed by atoms with Gasteiger partial charge in [-0.1, -0.05) is 30.3 Å². The predicted octanol–water partition coefficient (Wildman–Crippen LogP) is 1.46. The zero-order chi connectivity index (χ0) is 13.2. The van der Waals surface area contributed by atoms with Gasteiger partial charge in [0.2, 0.25) is 0 Å². The van der Waals surface area contributed by atoms with Crippen molar-refractivity contribution in [1.29, 1.82) is 0 Å². The summed E-state index contributed by atoms with van der Waals surface area (Å²) in [5, 5.41) is 0. The first kappa shape index (κ1) is 15.1. The molecule has 2 N–H and O–H groups in total. The molecule has 0 heterocycles. The van der Waals surface area contributed by atoms with Gasteiger partial charge in [0.1, 0.15) is 0 Å². The molecule has 0 amide bonds. The van der Waals surface area contributed by atoms with E-state index in [0.29, 0.717) is 6.54 Å². The van der Waals surface area contributed by atoms with Crippen LogP contribution in [-0.4, -0.2) is 45.0 Å². The SMILES string of the molecule is COC(CN(CCCN)Cc1ccccc1)OC. The first-order valence-corrected chi connectivity index (χ1v) is 6.32. The average Bonchev–Trinajstić information content (AvgIpc) is 2.42. The highest BCUT2D eigenvalue weighted by molar-refractivity contribution is 5.14. The van der Waals surface area contributed by atoms with Gasteiger partial charge in [0, 0.05) is 27.3 Å². The van der Waals surface area contributed by atoms with Crippen molar-refractivity contribution in [3.8, 4) is 0 Å². The fourth-order valence-electron chi connectivity index (χ4n) is 1.85. The minimum atomic E-state index is -0.188. The molecule has 18 heavy (non-hydrogen) atoms. The van der Waals surface area contributed by atoms with Gasteiger partial charge in [-0.25, -0.2) is 0 Å². The van der Waals surface area contributed by atoms with Crippen molar-refractivity contribution in [3.63, 3.8) is 0 Å². The van der Waals surface area contributed by atoms with Crippen LogP contribution >= 0.6 is 0 Å². The van der Waals surface area contributed by atoms with E-state index in [1.807, 2.05) is 6.07 Å². The average molecular weight is 252 g/mol. The van der Waals surface area contributed by atoms with Gasteiger partial charge in [-0.05, 0) is 25.1 Å². The summed E-state index contributed by atoms with van der Waals surface area (Å²) in [5.74, 6) is 0. The Bertz CT molecular complexity index is 302. The van der Waals surface area contributed by atoms with Gasteiger partial charge in [0.05, 0.1) is 0 Å². The molecule has 0 aromatic heterocycles. The Morgan fingerprint density at radius 3 is 2.39 bits per heavy atom. The van der Waals surface area contributed by atoms with Crippen LogP contribution in [0.3, 0.4) is 0 Å². The number of benzene rings is 1. The summed E-state index contributed by atoms with van der Waals surface area (Å²) in [5.41, 5.74) is 6.87. The Kier molecular flexibility index (Phi) is 7.60. The highest BCUT2D eigenvalue weighted by Crippen LogP contribution is 2.07. The molecule has 0 spiro atoms. The minimum Gasteiger partial charge on any atom is -0.355 e. The van der Waals surface area contributed by atoms with Crippen LogP contribution < -0.4 is 5.73 Å². The zero-order valence-corrected chi connectivity index (χ0v) is 11.3. The van der Waals surface area contributed by atoms with Gasteiger partial charge in [0.25, 0.3) is 0 Å². The van der Waals surface area contributed by atoms with E-state index in [9.17, 15) is 0 Å². The first-order chi connectivity index (χ1) is 8.80. The summed E-state index contributed by atoms with van der Waals surface area (Å²) in [6.45, 7) is 3.30. The van der Waals surface area contributed by atoms with Gasteiger partial charge >= 0.3 is 0 Å². The van der Waals surface area contributed by atoms with Crippen LogP contribution in [0.2, 0.25) is 0 Å². The van der Waals surface area contributed by atoms with Crippen LogP contribution in [0.25, 0.3) is 0 Å². The lowest BCUT2D eigenvalue weighted by molar-refractivity contribution is -0.117. The summed E-state index contributed by atoms with van der Waals surface area (Å²) >= 11 is 0. The number of ether oxygens (including phenoxy) is 2. The zero-order valence-electron chi connectivity index (χ0n) is 11.3. The van der Waals surface area contributed by atoms with Gasteiger partial charge < -0.3 is 15.2 Å². The monoisotopic (exact) mass is 252 g/mol. The number of hydrogen-bond acceptors (Lipinski definition) is 4. The lowest BCUT2D eigenvalue weighted by Crippen LogP contribution is -2.35. The van der Waals surface area contributed by atoms with E-state index in [1.54, 1.807) is 14.2 Å². The van der Waals surface area contributed by atoms with E-state index in [2.05, 4.69) is 29.2 Å². The van der Waals surface area contributed by atoms with Gasteiger partial charge in [0.15, 0.2) is 6.29 Å². The lowest BCUT2D eigenvalue weighted by atomic mass is 10.2. The van der Waals surface area contributed by atoms with E-state index in [0.717, 1.165) is 26.1 Å². The summed E-state index contributed by atoms with van der Waals surface area (Å²) < 4.78 is 10.5. The molecule has 0 saturated carbocycles. The quantitative estimate of drug-likeness (QED) is 0.676. The summed E-state index contributed by atoms with van der Waals surface area (Å²) in [6.07, 6.45) is 0.791. The Balaban J connectivity index is 2.54. The smallest absolute Gasteiger partial charge is 0.169 e. The highest BCUT2D eigenvalue weighted by Gasteiger charge is 2.12. The molecule has 102 valence electrons. The molecule has 0 aliphatic rings. The molecular weight excluding hydrogens is 228 g/mol. The topological polar surface area (TPSA) is 47.7 Å². The molecule has 1 aromatic rings. The van der Waals surface area contributed by atoms with E-state index < -0.39 is 0 Å². The largest absolute Gasteiger partial charge is 0.355 e. The molecule has 4 nitrogen and oxygen atoms in total. The van der Waals surface area contributed by atoms with Crippen LogP contribution in [-0.2, 0) is 16.0 Å². The third-order valence-corrected chi connectivity index (χ3v) is 2.86. The molecule has 0 radical (unpaired) electrons. The third-order valence-electron chi connectivity index (χ3n) is 2.86. The maximum Gasteiger partial charge on any atom is 0.169 e. The van der Waals surface area contributed by atoms with E-state index in [-0.39, 0.29) is 6.29 Å². The third kappa shape index (κ3) is 5.60. The number of hydrogen-bond donors (Lipinski definition) is 1. The maximum absolute atomic E-state index is 5.58. The van der Waals surface area contributed by atoms with Gasteiger partial charge in [-0.3, -0.25) is 4.90 Å². The molecule has 0 bridgehead atoms. The molecule has 0 aliphatic carbocycles. The highest BCUT2D eigenvalue weighted by atomic mass is 16.7. The standard InChI is InChI=1S/C14H24N2O2/c1-17-14(18-2)12-16(10-6-9-15)11-13-7-4-3-5-8-13/h3-5,7-8,14H,6,9-12,15H2,1-2H3. The normalized spacial score (nSPS) is 11.4. The van der Waals surface area contributed by atoms with E-state index in [1.165, 1.54) is 5.56 Å². The Labute approximate surface area is 110 Å². The van der Waals surface area contributed by atoms with Crippen molar-refractivity contribution < 1.29 is 9.47 Å².